The second-order valence-electron chi connectivity index (χ2n) is 8.93. The van der Waals surface area contributed by atoms with E-state index in [4.69, 9.17) is 0 Å². The van der Waals surface area contributed by atoms with Crippen molar-refractivity contribution in [3.63, 3.8) is 0 Å². The summed E-state index contributed by atoms with van der Waals surface area (Å²) in [5.41, 5.74) is 4.50. The van der Waals surface area contributed by atoms with Crippen LogP contribution in [0.15, 0.2) is 48.5 Å². The zero-order valence-corrected chi connectivity index (χ0v) is 19.2. The Morgan fingerprint density at radius 3 is 2.61 bits per heavy atom. The molecule has 33 heavy (non-hydrogen) atoms. The van der Waals surface area contributed by atoms with E-state index in [1.807, 2.05) is 48.5 Å². The van der Waals surface area contributed by atoms with Gasteiger partial charge in [0.25, 0.3) is 5.91 Å². The number of carbonyl (C=O) groups is 2. The van der Waals surface area contributed by atoms with E-state index in [9.17, 15) is 14.7 Å². The molecule has 2 heterocycles. The number of fused-ring (bicyclic) bond motifs is 1. The van der Waals surface area contributed by atoms with E-state index in [1.54, 1.807) is 6.92 Å². The minimum absolute atomic E-state index is 0.136. The quantitative estimate of drug-likeness (QED) is 0.600. The molecule has 0 fully saturated rings. The van der Waals surface area contributed by atoms with Gasteiger partial charge in [0, 0.05) is 24.7 Å². The number of hydrogen-bond donors (Lipinski definition) is 2. The highest BCUT2D eigenvalue weighted by atomic mass is 16.4. The van der Waals surface area contributed by atoms with E-state index in [0.29, 0.717) is 36.8 Å². The van der Waals surface area contributed by atoms with Crippen molar-refractivity contribution in [1.82, 2.24) is 19.9 Å². The van der Waals surface area contributed by atoms with Crippen molar-refractivity contribution < 1.29 is 14.7 Å². The number of amides is 2. The first-order valence-electron chi connectivity index (χ1n) is 11.2. The second kappa shape index (κ2) is 9.44. The Bertz CT molecular complexity index is 1160. The summed E-state index contributed by atoms with van der Waals surface area (Å²) in [7, 11) is 0. The van der Waals surface area contributed by atoms with E-state index in [-0.39, 0.29) is 17.5 Å². The van der Waals surface area contributed by atoms with Gasteiger partial charge in [-0.05, 0) is 61.1 Å². The van der Waals surface area contributed by atoms with Gasteiger partial charge in [-0.15, -0.1) is 5.10 Å². The molecule has 1 aliphatic heterocycles. The molecule has 0 aliphatic carbocycles. The van der Waals surface area contributed by atoms with Gasteiger partial charge in [-0.25, -0.2) is 4.79 Å². The number of carbonyl (C=O) groups excluding carboxylic acids is 1. The molecule has 172 valence electrons. The first-order chi connectivity index (χ1) is 15.8. The maximum atomic E-state index is 13.0. The smallest absolute Gasteiger partial charge is 0.407 e. The normalized spacial score (nSPS) is 15.8. The molecule has 8 heteroatoms. The van der Waals surface area contributed by atoms with Gasteiger partial charge in [0.1, 0.15) is 0 Å². The molecule has 1 atom stereocenters. The molecule has 0 bridgehead atoms. The van der Waals surface area contributed by atoms with Gasteiger partial charge in [-0.2, -0.15) is 9.90 Å². The van der Waals surface area contributed by atoms with Gasteiger partial charge >= 0.3 is 6.09 Å². The highest BCUT2D eigenvalue weighted by Crippen LogP contribution is 2.32. The zero-order chi connectivity index (χ0) is 23.5. The molecule has 0 saturated heterocycles. The molecule has 8 nitrogen and oxygen atoms in total. The van der Waals surface area contributed by atoms with E-state index >= 15 is 0 Å². The lowest BCUT2D eigenvalue weighted by atomic mass is 9.87. The van der Waals surface area contributed by atoms with Crippen LogP contribution >= 0.6 is 0 Å². The summed E-state index contributed by atoms with van der Waals surface area (Å²) in [5, 5.41) is 21.2. The molecule has 1 aliphatic rings. The standard InChI is InChI=1S/C25H29N5O3/c1-16(2)13-19-15-29(25(32)33)12-11-18-14-20(9-10-22(18)19)26-24(31)23-17(3)27-30(28-23)21-7-5-4-6-8-21/h4-10,14,16,19H,11-13,15H2,1-3H3,(H,26,31)(H,32,33). The van der Waals surface area contributed by atoms with Crippen LogP contribution in [0.2, 0.25) is 0 Å². The third-order valence-corrected chi connectivity index (χ3v) is 5.94. The fourth-order valence-corrected chi connectivity index (χ4v) is 4.41. The molecule has 1 unspecified atom stereocenters. The largest absolute Gasteiger partial charge is 0.465 e. The second-order valence-corrected chi connectivity index (χ2v) is 8.93. The minimum atomic E-state index is -0.887. The van der Waals surface area contributed by atoms with E-state index < -0.39 is 6.09 Å². The van der Waals surface area contributed by atoms with Crippen molar-refractivity contribution in [2.45, 2.75) is 39.5 Å². The summed E-state index contributed by atoms with van der Waals surface area (Å²) in [5.74, 6) is 0.261. The number of hydrogen-bond acceptors (Lipinski definition) is 4. The van der Waals surface area contributed by atoms with Crippen LogP contribution in [0.1, 0.15) is 53.5 Å². The maximum Gasteiger partial charge on any atom is 0.407 e. The van der Waals surface area contributed by atoms with Crippen LogP contribution in [0, 0.1) is 12.8 Å². The van der Waals surface area contributed by atoms with Crippen LogP contribution in [0.25, 0.3) is 5.69 Å². The Morgan fingerprint density at radius 1 is 1.15 bits per heavy atom. The first-order valence-corrected chi connectivity index (χ1v) is 11.2. The van der Waals surface area contributed by atoms with Gasteiger partial charge < -0.3 is 15.3 Å². The molecule has 4 rings (SSSR count). The summed E-state index contributed by atoms with van der Waals surface area (Å²) in [6.07, 6.45) is 0.634. The lowest BCUT2D eigenvalue weighted by Gasteiger charge is -2.24. The van der Waals surface area contributed by atoms with Crippen molar-refractivity contribution in [2.24, 2.45) is 5.92 Å². The molecule has 2 N–H and O–H groups in total. The predicted molar refractivity (Wildman–Crippen MR) is 126 cm³/mol. The summed E-state index contributed by atoms with van der Waals surface area (Å²) in [6, 6.07) is 15.3. The van der Waals surface area contributed by atoms with Gasteiger partial charge in [0.15, 0.2) is 5.69 Å². The van der Waals surface area contributed by atoms with Crippen LogP contribution in [-0.4, -0.2) is 50.1 Å². The summed E-state index contributed by atoms with van der Waals surface area (Å²) < 4.78 is 0. The molecule has 0 radical (unpaired) electrons. The van der Waals surface area contributed by atoms with Gasteiger partial charge in [0.05, 0.1) is 11.4 Å². The van der Waals surface area contributed by atoms with Crippen LogP contribution in [0.3, 0.4) is 0 Å². The van der Waals surface area contributed by atoms with Crippen LogP contribution in [0.5, 0.6) is 0 Å². The number of benzene rings is 2. The SMILES string of the molecule is Cc1nn(-c2ccccc2)nc1C(=O)Nc1ccc2c(c1)CCN(C(=O)O)CC2CC(C)C. The van der Waals surface area contributed by atoms with Crippen molar-refractivity contribution in [3.05, 3.63) is 71.0 Å². The van der Waals surface area contributed by atoms with E-state index in [2.05, 4.69) is 29.4 Å². The predicted octanol–water partition coefficient (Wildman–Crippen LogP) is 4.49. The van der Waals surface area contributed by atoms with Crippen LogP contribution in [-0.2, 0) is 6.42 Å². The lowest BCUT2D eigenvalue weighted by Crippen LogP contribution is -2.33. The third kappa shape index (κ3) is 5.05. The highest BCUT2D eigenvalue weighted by molar-refractivity contribution is 6.03. The van der Waals surface area contributed by atoms with Crippen molar-refractivity contribution in [3.8, 4) is 5.69 Å². The number of aryl methyl sites for hydroxylation is 1. The molecular weight excluding hydrogens is 418 g/mol. The molecule has 1 aromatic heterocycles. The van der Waals surface area contributed by atoms with Gasteiger partial charge in [-0.3, -0.25) is 4.79 Å². The number of rotatable bonds is 5. The van der Waals surface area contributed by atoms with Crippen molar-refractivity contribution >= 4 is 17.7 Å². The maximum absolute atomic E-state index is 13.0. The molecule has 2 amide bonds. The summed E-state index contributed by atoms with van der Waals surface area (Å²) in [6.45, 7) is 6.99. The van der Waals surface area contributed by atoms with Crippen molar-refractivity contribution in [2.75, 3.05) is 18.4 Å². The Morgan fingerprint density at radius 2 is 1.91 bits per heavy atom. The zero-order valence-electron chi connectivity index (χ0n) is 19.2. The van der Waals surface area contributed by atoms with Crippen LogP contribution in [0.4, 0.5) is 10.5 Å². The Hall–Kier alpha value is -3.68. The van der Waals surface area contributed by atoms with Crippen molar-refractivity contribution in [1.29, 1.82) is 0 Å². The molecule has 3 aromatic rings. The van der Waals surface area contributed by atoms with Gasteiger partial charge in [0.2, 0.25) is 0 Å². The van der Waals surface area contributed by atoms with Crippen LogP contribution < -0.4 is 5.32 Å². The summed E-state index contributed by atoms with van der Waals surface area (Å²) >= 11 is 0. The molecule has 0 spiro atoms. The first kappa shape index (κ1) is 22.5. The molecular formula is C25H29N5O3. The Balaban J connectivity index is 1.56. The number of carboxylic acid groups (broad SMARTS) is 1. The molecule has 2 aromatic carbocycles. The minimum Gasteiger partial charge on any atom is -0.465 e. The topological polar surface area (TPSA) is 100 Å². The third-order valence-electron chi connectivity index (χ3n) is 5.94. The van der Waals surface area contributed by atoms with Gasteiger partial charge in [-0.1, -0.05) is 38.1 Å². The summed E-state index contributed by atoms with van der Waals surface area (Å²) in [4.78, 5) is 27.6. The average Bonchev–Trinajstić information content (AvgIpc) is 3.08. The highest BCUT2D eigenvalue weighted by Gasteiger charge is 2.27. The molecule has 0 saturated carbocycles. The lowest BCUT2D eigenvalue weighted by molar-refractivity contribution is 0.102. The fraction of sp³-hybridized carbons (Fsp3) is 0.360. The fourth-order valence-electron chi connectivity index (χ4n) is 4.41. The Kier molecular flexibility index (Phi) is 6.44. The monoisotopic (exact) mass is 447 g/mol. The number of para-hydroxylation sites is 1. The number of anilines is 1. The Labute approximate surface area is 193 Å². The number of nitrogens with one attached hydrogen (secondary N) is 1. The average molecular weight is 448 g/mol. The van der Waals surface area contributed by atoms with E-state index in [0.717, 1.165) is 23.2 Å². The number of aromatic nitrogens is 3. The van der Waals surface area contributed by atoms with E-state index in [1.165, 1.54) is 9.70 Å². The number of nitrogens with zero attached hydrogens (tertiary/aromatic N) is 4.